The second kappa shape index (κ2) is 4.10. The van der Waals surface area contributed by atoms with Gasteiger partial charge in [-0.25, -0.2) is 4.98 Å². The SMILES string of the molecule is Cc1cc([N+](=O)[O-])cnc1N1CC(O)CC1=O. The summed E-state index contributed by atoms with van der Waals surface area (Å²) in [6.07, 6.45) is 0.484. The first-order chi connectivity index (χ1) is 7.99. The topological polar surface area (TPSA) is 96.6 Å². The molecule has 1 aliphatic rings. The average Bonchev–Trinajstić information content (AvgIpc) is 2.57. The largest absolute Gasteiger partial charge is 0.391 e. The minimum absolute atomic E-state index is 0.0676. The van der Waals surface area contributed by atoms with Crippen LogP contribution < -0.4 is 4.90 Å². The number of rotatable bonds is 2. The molecule has 2 rings (SSSR count). The summed E-state index contributed by atoms with van der Waals surface area (Å²) in [5.41, 5.74) is 0.431. The van der Waals surface area contributed by atoms with E-state index in [-0.39, 0.29) is 24.6 Å². The summed E-state index contributed by atoms with van der Waals surface area (Å²) >= 11 is 0. The lowest BCUT2D eigenvalue weighted by Gasteiger charge is -2.16. The molecule has 1 aromatic rings. The quantitative estimate of drug-likeness (QED) is 0.593. The number of aryl methyl sites for hydroxylation is 1. The van der Waals surface area contributed by atoms with Crippen molar-refractivity contribution in [1.29, 1.82) is 0 Å². The lowest BCUT2D eigenvalue weighted by Crippen LogP contribution is -2.27. The summed E-state index contributed by atoms with van der Waals surface area (Å²) in [6, 6.07) is 1.36. The molecule has 0 radical (unpaired) electrons. The highest BCUT2D eigenvalue weighted by atomic mass is 16.6. The van der Waals surface area contributed by atoms with Crippen LogP contribution in [0.1, 0.15) is 12.0 Å². The third kappa shape index (κ3) is 2.09. The Balaban J connectivity index is 2.34. The summed E-state index contributed by atoms with van der Waals surface area (Å²) in [4.78, 5) is 26.8. The smallest absolute Gasteiger partial charge is 0.287 e. The number of pyridine rings is 1. The normalized spacial score (nSPS) is 19.8. The molecular weight excluding hydrogens is 226 g/mol. The van der Waals surface area contributed by atoms with Gasteiger partial charge in [-0.15, -0.1) is 0 Å². The Bertz CT molecular complexity index is 488. The second-order valence-corrected chi connectivity index (χ2v) is 3.95. The Morgan fingerprint density at radius 1 is 1.65 bits per heavy atom. The van der Waals surface area contributed by atoms with E-state index >= 15 is 0 Å². The van der Waals surface area contributed by atoms with Gasteiger partial charge in [-0.3, -0.25) is 19.8 Å². The first-order valence-corrected chi connectivity index (χ1v) is 5.08. The van der Waals surface area contributed by atoms with E-state index in [0.29, 0.717) is 11.4 Å². The van der Waals surface area contributed by atoms with E-state index in [4.69, 9.17) is 0 Å². The summed E-state index contributed by atoms with van der Waals surface area (Å²) < 4.78 is 0. The number of aliphatic hydroxyl groups is 1. The first-order valence-electron chi connectivity index (χ1n) is 5.08. The predicted molar refractivity (Wildman–Crippen MR) is 58.6 cm³/mol. The highest BCUT2D eigenvalue weighted by molar-refractivity contribution is 5.95. The van der Waals surface area contributed by atoms with Crippen molar-refractivity contribution in [3.05, 3.63) is 27.9 Å². The molecule has 17 heavy (non-hydrogen) atoms. The fourth-order valence-electron chi connectivity index (χ4n) is 1.83. The molecule has 0 spiro atoms. The lowest BCUT2D eigenvalue weighted by molar-refractivity contribution is -0.385. The summed E-state index contributed by atoms with van der Waals surface area (Å²) in [6.45, 7) is 1.83. The van der Waals surface area contributed by atoms with Crippen LogP contribution in [-0.4, -0.2) is 33.6 Å². The van der Waals surface area contributed by atoms with Crippen LogP contribution in [0.25, 0.3) is 0 Å². The van der Waals surface area contributed by atoms with Crippen LogP contribution in [0.4, 0.5) is 11.5 Å². The van der Waals surface area contributed by atoms with Crippen LogP contribution in [0.2, 0.25) is 0 Å². The van der Waals surface area contributed by atoms with Gasteiger partial charge in [0.15, 0.2) is 0 Å². The molecule has 1 amide bonds. The van der Waals surface area contributed by atoms with Gasteiger partial charge in [0.05, 0.1) is 24.0 Å². The molecule has 0 saturated carbocycles. The molecule has 7 heteroatoms. The lowest BCUT2D eigenvalue weighted by atomic mass is 10.2. The number of carbonyl (C=O) groups excluding carboxylic acids is 1. The Labute approximate surface area is 96.8 Å². The van der Waals surface area contributed by atoms with Gasteiger partial charge in [-0.1, -0.05) is 0 Å². The van der Waals surface area contributed by atoms with Crippen LogP contribution in [-0.2, 0) is 4.79 Å². The van der Waals surface area contributed by atoms with Crippen molar-refractivity contribution in [3.63, 3.8) is 0 Å². The van der Waals surface area contributed by atoms with Gasteiger partial charge < -0.3 is 5.11 Å². The zero-order valence-electron chi connectivity index (χ0n) is 9.16. The molecular formula is C10H11N3O4. The maximum Gasteiger partial charge on any atom is 0.287 e. The van der Waals surface area contributed by atoms with Crippen molar-refractivity contribution in [3.8, 4) is 0 Å². The van der Waals surface area contributed by atoms with E-state index in [1.807, 2.05) is 0 Å². The second-order valence-electron chi connectivity index (χ2n) is 3.95. The van der Waals surface area contributed by atoms with E-state index < -0.39 is 11.0 Å². The third-order valence-corrected chi connectivity index (χ3v) is 2.61. The maximum atomic E-state index is 11.5. The van der Waals surface area contributed by atoms with Gasteiger partial charge in [0, 0.05) is 6.07 Å². The molecule has 1 N–H and O–H groups in total. The average molecular weight is 237 g/mol. The van der Waals surface area contributed by atoms with Crippen LogP contribution in [0.3, 0.4) is 0 Å². The number of aliphatic hydroxyl groups excluding tert-OH is 1. The molecule has 1 aliphatic heterocycles. The van der Waals surface area contributed by atoms with Gasteiger partial charge in [-0.05, 0) is 12.5 Å². The van der Waals surface area contributed by atoms with Crippen LogP contribution in [0.5, 0.6) is 0 Å². The van der Waals surface area contributed by atoms with Crippen molar-refractivity contribution in [2.24, 2.45) is 0 Å². The molecule has 1 atom stereocenters. The minimum atomic E-state index is -0.695. The van der Waals surface area contributed by atoms with Crippen LogP contribution in [0, 0.1) is 17.0 Å². The van der Waals surface area contributed by atoms with E-state index in [1.165, 1.54) is 11.0 Å². The molecule has 1 aromatic heterocycles. The van der Waals surface area contributed by atoms with Crippen LogP contribution >= 0.6 is 0 Å². The number of amides is 1. The summed E-state index contributed by atoms with van der Waals surface area (Å²) in [5, 5.41) is 19.9. The zero-order chi connectivity index (χ0) is 12.6. The number of nitro groups is 1. The number of β-amino-alcohol motifs (C(OH)–C–C–N with tert-alkyl or cyclic N) is 1. The van der Waals surface area contributed by atoms with Crippen LogP contribution in [0.15, 0.2) is 12.3 Å². The zero-order valence-corrected chi connectivity index (χ0v) is 9.16. The highest BCUT2D eigenvalue weighted by Crippen LogP contribution is 2.25. The fourth-order valence-corrected chi connectivity index (χ4v) is 1.83. The predicted octanol–water partition coefficient (Wildman–Crippen LogP) is 0.396. The standard InChI is InChI=1S/C10H11N3O4/c1-6-2-7(13(16)17)4-11-10(6)12-5-8(14)3-9(12)15/h2,4,8,14H,3,5H2,1H3. The van der Waals surface area contributed by atoms with Crippen molar-refractivity contribution in [2.75, 3.05) is 11.4 Å². The van der Waals surface area contributed by atoms with Crippen molar-refractivity contribution in [2.45, 2.75) is 19.4 Å². The van der Waals surface area contributed by atoms with E-state index in [0.717, 1.165) is 6.20 Å². The van der Waals surface area contributed by atoms with Gasteiger partial charge in [0.1, 0.15) is 12.0 Å². The number of hydrogen-bond donors (Lipinski definition) is 1. The number of carbonyl (C=O) groups is 1. The molecule has 1 unspecified atom stereocenters. The number of aromatic nitrogens is 1. The summed E-state index contributed by atoms with van der Waals surface area (Å²) in [5.74, 6) is 0.152. The molecule has 1 fully saturated rings. The van der Waals surface area contributed by atoms with Gasteiger partial charge in [0.25, 0.3) is 5.69 Å². The Hall–Kier alpha value is -2.02. The molecule has 0 aromatic carbocycles. The molecule has 2 heterocycles. The minimum Gasteiger partial charge on any atom is -0.391 e. The Kier molecular flexibility index (Phi) is 2.76. The third-order valence-electron chi connectivity index (χ3n) is 2.61. The number of nitrogens with zero attached hydrogens (tertiary/aromatic N) is 3. The van der Waals surface area contributed by atoms with E-state index in [2.05, 4.69) is 4.98 Å². The molecule has 0 bridgehead atoms. The molecule has 0 aliphatic carbocycles. The van der Waals surface area contributed by atoms with Crippen molar-refractivity contribution in [1.82, 2.24) is 4.98 Å². The van der Waals surface area contributed by atoms with Gasteiger partial charge in [-0.2, -0.15) is 0 Å². The van der Waals surface area contributed by atoms with E-state index in [1.54, 1.807) is 6.92 Å². The van der Waals surface area contributed by atoms with Gasteiger partial charge in [0.2, 0.25) is 5.91 Å². The monoisotopic (exact) mass is 237 g/mol. The summed E-state index contributed by atoms with van der Waals surface area (Å²) in [7, 11) is 0. The molecule has 90 valence electrons. The molecule has 7 nitrogen and oxygen atoms in total. The van der Waals surface area contributed by atoms with E-state index in [9.17, 15) is 20.0 Å². The Morgan fingerprint density at radius 3 is 2.82 bits per heavy atom. The first kappa shape index (κ1) is 11.5. The maximum absolute atomic E-state index is 11.5. The molecule has 1 saturated heterocycles. The van der Waals surface area contributed by atoms with Gasteiger partial charge >= 0.3 is 0 Å². The fraction of sp³-hybridized carbons (Fsp3) is 0.400. The number of hydrogen-bond acceptors (Lipinski definition) is 5. The Morgan fingerprint density at radius 2 is 2.35 bits per heavy atom. The highest BCUT2D eigenvalue weighted by Gasteiger charge is 2.31. The van der Waals surface area contributed by atoms with Crippen molar-refractivity contribution < 1.29 is 14.8 Å². The number of anilines is 1. The van der Waals surface area contributed by atoms with Crippen molar-refractivity contribution >= 4 is 17.4 Å².